The summed E-state index contributed by atoms with van der Waals surface area (Å²) >= 11 is 0. The SMILES string of the molecule is CCOC(=O)/C(C)=C(/C)OC(C)=O. The number of hydrogen-bond donors (Lipinski definition) is 0. The fourth-order valence-electron chi connectivity index (χ4n) is 0.675. The quantitative estimate of drug-likeness (QED) is 0.380. The van der Waals surface area contributed by atoms with Gasteiger partial charge in [-0.2, -0.15) is 0 Å². The fraction of sp³-hybridized carbons (Fsp3) is 0.556. The minimum Gasteiger partial charge on any atom is -0.463 e. The molecule has 0 unspecified atom stereocenters. The Kier molecular flexibility index (Phi) is 4.80. The Labute approximate surface area is 77.5 Å². The van der Waals surface area contributed by atoms with Gasteiger partial charge in [-0.05, 0) is 20.8 Å². The first kappa shape index (κ1) is 11.7. The maximum Gasteiger partial charge on any atom is 0.337 e. The summed E-state index contributed by atoms with van der Waals surface area (Å²) in [6.07, 6.45) is 0. The second-order valence-corrected chi connectivity index (χ2v) is 2.50. The van der Waals surface area contributed by atoms with Gasteiger partial charge >= 0.3 is 11.9 Å². The van der Waals surface area contributed by atoms with Gasteiger partial charge in [-0.3, -0.25) is 4.79 Å². The smallest absolute Gasteiger partial charge is 0.337 e. The lowest BCUT2D eigenvalue weighted by Gasteiger charge is -2.05. The molecule has 0 saturated carbocycles. The van der Waals surface area contributed by atoms with Crippen LogP contribution in [0.4, 0.5) is 0 Å². The van der Waals surface area contributed by atoms with Crippen LogP contribution in [0, 0.1) is 0 Å². The first-order valence-electron chi connectivity index (χ1n) is 4.02. The number of allylic oxidation sites excluding steroid dienone is 1. The van der Waals surface area contributed by atoms with Gasteiger partial charge in [-0.1, -0.05) is 0 Å². The third-order valence-electron chi connectivity index (χ3n) is 1.41. The molecule has 0 atom stereocenters. The fourth-order valence-corrected chi connectivity index (χ4v) is 0.675. The Balaban J connectivity index is 4.41. The molecule has 0 aromatic rings. The molecule has 0 aromatic carbocycles. The summed E-state index contributed by atoms with van der Waals surface area (Å²) in [4.78, 5) is 21.6. The van der Waals surface area contributed by atoms with Crippen molar-refractivity contribution in [1.82, 2.24) is 0 Å². The van der Waals surface area contributed by atoms with Crippen molar-refractivity contribution < 1.29 is 19.1 Å². The maximum atomic E-state index is 11.1. The molecule has 0 rings (SSSR count). The zero-order chi connectivity index (χ0) is 10.4. The predicted molar refractivity (Wildman–Crippen MR) is 46.8 cm³/mol. The van der Waals surface area contributed by atoms with E-state index in [1.54, 1.807) is 20.8 Å². The summed E-state index contributed by atoms with van der Waals surface area (Å²) in [5.74, 6) is -0.617. The van der Waals surface area contributed by atoms with Gasteiger partial charge in [0.05, 0.1) is 12.2 Å². The van der Waals surface area contributed by atoms with Gasteiger partial charge in [-0.25, -0.2) is 4.79 Å². The molecule has 0 bridgehead atoms. The summed E-state index contributed by atoms with van der Waals surface area (Å²) in [6.45, 7) is 6.40. The topological polar surface area (TPSA) is 52.6 Å². The second kappa shape index (κ2) is 5.35. The van der Waals surface area contributed by atoms with Crippen LogP contribution in [0.5, 0.6) is 0 Å². The van der Waals surface area contributed by atoms with Crippen LogP contribution >= 0.6 is 0 Å². The Hall–Kier alpha value is -1.32. The van der Waals surface area contributed by atoms with Crippen molar-refractivity contribution in [2.45, 2.75) is 27.7 Å². The zero-order valence-electron chi connectivity index (χ0n) is 8.34. The molecule has 0 aliphatic heterocycles. The van der Waals surface area contributed by atoms with Crippen molar-refractivity contribution in [1.29, 1.82) is 0 Å². The minimum absolute atomic E-state index is 0.283. The van der Waals surface area contributed by atoms with E-state index in [1.807, 2.05) is 0 Å². The van der Waals surface area contributed by atoms with Crippen LogP contribution in [-0.4, -0.2) is 18.5 Å². The van der Waals surface area contributed by atoms with Gasteiger partial charge in [0.15, 0.2) is 0 Å². The molecule has 0 aliphatic carbocycles. The van der Waals surface area contributed by atoms with E-state index in [9.17, 15) is 9.59 Å². The second-order valence-electron chi connectivity index (χ2n) is 2.50. The average molecular weight is 186 g/mol. The van der Waals surface area contributed by atoms with Crippen molar-refractivity contribution in [3.63, 3.8) is 0 Å². The minimum atomic E-state index is -0.457. The van der Waals surface area contributed by atoms with E-state index in [0.717, 1.165) is 0 Å². The Morgan fingerprint density at radius 1 is 1.15 bits per heavy atom. The van der Waals surface area contributed by atoms with E-state index < -0.39 is 11.9 Å². The number of esters is 2. The molecule has 0 spiro atoms. The highest BCUT2D eigenvalue weighted by atomic mass is 16.5. The first-order chi connectivity index (χ1) is 5.99. The highest BCUT2D eigenvalue weighted by Gasteiger charge is 2.10. The zero-order valence-corrected chi connectivity index (χ0v) is 8.34. The molecule has 4 heteroatoms. The monoisotopic (exact) mass is 186 g/mol. The Morgan fingerprint density at radius 3 is 2.08 bits per heavy atom. The molecule has 0 heterocycles. The molecule has 4 nitrogen and oxygen atoms in total. The first-order valence-corrected chi connectivity index (χ1v) is 4.02. The van der Waals surface area contributed by atoms with Crippen molar-refractivity contribution in [3.05, 3.63) is 11.3 Å². The van der Waals surface area contributed by atoms with Crippen LogP contribution in [0.25, 0.3) is 0 Å². The van der Waals surface area contributed by atoms with Crippen LogP contribution in [0.3, 0.4) is 0 Å². The third-order valence-corrected chi connectivity index (χ3v) is 1.41. The number of hydrogen-bond acceptors (Lipinski definition) is 4. The van der Waals surface area contributed by atoms with E-state index in [2.05, 4.69) is 0 Å². The molecule has 0 amide bonds. The maximum absolute atomic E-state index is 11.1. The number of carbonyl (C=O) groups is 2. The van der Waals surface area contributed by atoms with Crippen LogP contribution in [0.15, 0.2) is 11.3 Å². The van der Waals surface area contributed by atoms with Crippen LogP contribution in [0.1, 0.15) is 27.7 Å². The molecule has 74 valence electrons. The van der Waals surface area contributed by atoms with Crippen molar-refractivity contribution in [2.75, 3.05) is 6.61 Å². The molecule has 0 N–H and O–H groups in total. The normalized spacial score (nSPS) is 11.7. The van der Waals surface area contributed by atoms with Gasteiger partial charge in [0.25, 0.3) is 0 Å². The average Bonchev–Trinajstić information content (AvgIpc) is 2.02. The standard InChI is InChI=1S/C9H14O4/c1-5-12-9(11)6(2)7(3)13-8(4)10/h5H2,1-4H3/b7-6-. The largest absolute Gasteiger partial charge is 0.463 e. The molecule has 0 aliphatic rings. The van der Waals surface area contributed by atoms with Gasteiger partial charge < -0.3 is 9.47 Å². The van der Waals surface area contributed by atoms with Crippen molar-refractivity contribution in [3.8, 4) is 0 Å². The summed E-state index contributed by atoms with van der Waals surface area (Å²) in [5.41, 5.74) is 0.317. The van der Waals surface area contributed by atoms with Gasteiger partial charge in [-0.15, -0.1) is 0 Å². The lowest BCUT2D eigenvalue weighted by molar-refractivity contribution is -0.139. The number of carbonyl (C=O) groups excluding carboxylic acids is 2. The summed E-state index contributed by atoms with van der Waals surface area (Å²) in [7, 11) is 0. The lowest BCUT2D eigenvalue weighted by Crippen LogP contribution is -2.09. The Bertz CT molecular complexity index is 240. The van der Waals surface area contributed by atoms with Crippen molar-refractivity contribution >= 4 is 11.9 Å². The van der Waals surface area contributed by atoms with Crippen LogP contribution < -0.4 is 0 Å². The molecular formula is C9H14O4. The number of rotatable bonds is 3. The summed E-state index contributed by atoms with van der Waals surface area (Å²) in [6, 6.07) is 0. The highest BCUT2D eigenvalue weighted by Crippen LogP contribution is 2.07. The van der Waals surface area contributed by atoms with E-state index in [1.165, 1.54) is 6.92 Å². The lowest BCUT2D eigenvalue weighted by atomic mass is 10.3. The summed E-state index contributed by atoms with van der Waals surface area (Å²) in [5, 5.41) is 0. The van der Waals surface area contributed by atoms with Crippen LogP contribution in [0.2, 0.25) is 0 Å². The molecule has 0 saturated heterocycles. The van der Waals surface area contributed by atoms with E-state index in [4.69, 9.17) is 9.47 Å². The van der Waals surface area contributed by atoms with Crippen molar-refractivity contribution in [2.24, 2.45) is 0 Å². The third kappa shape index (κ3) is 4.30. The van der Waals surface area contributed by atoms with E-state index in [0.29, 0.717) is 12.2 Å². The van der Waals surface area contributed by atoms with Gasteiger partial charge in [0.2, 0.25) is 0 Å². The predicted octanol–water partition coefficient (Wildman–Crippen LogP) is 1.41. The molecule has 0 fully saturated rings. The van der Waals surface area contributed by atoms with Gasteiger partial charge in [0.1, 0.15) is 5.76 Å². The highest BCUT2D eigenvalue weighted by molar-refractivity contribution is 5.88. The molecule has 13 heavy (non-hydrogen) atoms. The summed E-state index contributed by atoms with van der Waals surface area (Å²) < 4.78 is 9.44. The van der Waals surface area contributed by atoms with Crippen LogP contribution in [-0.2, 0) is 19.1 Å². The molecule has 0 radical (unpaired) electrons. The molecular weight excluding hydrogens is 172 g/mol. The Morgan fingerprint density at radius 2 is 1.69 bits per heavy atom. The van der Waals surface area contributed by atoms with E-state index >= 15 is 0 Å². The van der Waals surface area contributed by atoms with Gasteiger partial charge in [0, 0.05) is 6.92 Å². The van der Waals surface area contributed by atoms with E-state index in [-0.39, 0.29) is 5.76 Å². The number of ether oxygens (including phenoxy) is 2. The molecule has 0 aromatic heterocycles.